The standard InChI is InChI=1S/C19H21NO6/c1-8-13-10-6-12-18(7-21)11(4-5-20(10)18)19(13,25-12)26-15(8)16-14(23-3)9(2)17(22)24-16/h7-8,10-13H,4-6H2,1-3H3/b16-15-/t8-,10?,11?,12?,13?,18?,19+/m0/s1. The number of esters is 1. The predicted molar refractivity (Wildman–Crippen MR) is 86.2 cm³/mol. The predicted octanol–water partition coefficient (Wildman–Crippen LogP) is 1.10. The first-order valence-corrected chi connectivity index (χ1v) is 9.31. The number of nitrogens with zero attached hydrogens (tertiary/aromatic N) is 1. The largest absolute Gasteiger partial charge is 0.492 e. The first-order valence-electron chi connectivity index (χ1n) is 9.31. The molecule has 0 aromatic rings. The Hall–Kier alpha value is -1.86. The van der Waals surface area contributed by atoms with E-state index < -0.39 is 17.3 Å². The minimum atomic E-state index is -0.787. The number of hydrogen-bond donors (Lipinski definition) is 0. The van der Waals surface area contributed by atoms with Crippen molar-refractivity contribution in [2.24, 2.45) is 17.8 Å². The summed E-state index contributed by atoms with van der Waals surface area (Å²) in [5.41, 5.74) is -0.0919. The number of carbonyl (C=O) groups excluding carboxylic acids is 2. The second-order valence-corrected chi connectivity index (χ2v) is 8.33. The highest BCUT2D eigenvalue weighted by atomic mass is 16.7. The quantitative estimate of drug-likeness (QED) is 0.540. The van der Waals surface area contributed by atoms with Crippen LogP contribution in [0.1, 0.15) is 26.7 Å². The average Bonchev–Trinajstić information content (AvgIpc) is 3.33. The molecule has 0 saturated carbocycles. The molecule has 0 N–H and O–H groups in total. The molecule has 7 nitrogen and oxygen atoms in total. The van der Waals surface area contributed by atoms with Crippen LogP contribution in [0.4, 0.5) is 0 Å². The lowest BCUT2D eigenvalue weighted by Gasteiger charge is -2.46. The molecule has 6 aliphatic heterocycles. The lowest BCUT2D eigenvalue weighted by molar-refractivity contribution is -0.255. The van der Waals surface area contributed by atoms with Crippen molar-refractivity contribution in [1.82, 2.24) is 4.90 Å². The summed E-state index contributed by atoms with van der Waals surface area (Å²) in [6, 6.07) is 0.263. The zero-order valence-electron chi connectivity index (χ0n) is 15.0. The first-order chi connectivity index (χ1) is 12.5. The van der Waals surface area contributed by atoms with Crippen LogP contribution in [-0.2, 0) is 28.5 Å². The molecular weight excluding hydrogens is 338 g/mol. The molecule has 8 atom stereocenters. The van der Waals surface area contributed by atoms with Gasteiger partial charge in [-0.2, -0.15) is 0 Å². The van der Waals surface area contributed by atoms with E-state index in [4.69, 9.17) is 18.9 Å². The number of methoxy groups -OCH3 is 1. The van der Waals surface area contributed by atoms with E-state index in [2.05, 4.69) is 11.8 Å². The lowest BCUT2D eigenvalue weighted by atomic mass is 9.71. The van der Waals surface area contributed by atoms with Gasteiger partial charge in [0.05, 0.1) is 30.6 Å². The van der Waals surface area contributed by atoms with E-state index in [1.165, 1.54) is 7.11 Å². The number of ether oxygens (including phenoxy) is 4. The van der Waals surface area contributed by atoms with Gasteiger partial charge in [-0.15, -0.1) is 0 Å². The van der Waals surface area contributed by atoms with Gasteiger partial charge in [-0.3, -0.25) is 4.90 Å². The second kappa shape index (κ2) is 4.34. The topological polar surface area (TPSA) is 74.3 Å². The Kier molecular flexibility index (Phi) is 2.54. The van der Waals surface area contributed by atoms with Crippen LogP contribution in [0.5, 0.6) is 0 Å². The van der Waals surface area contributed by atoms with E-state index in [-0.39, 0.29) is 29.9 Å². The van der Waals surface area contributed by atoms with Gasteiger partial charge >= 0.3 is 5.97 Å². The van der Waals surface area contributed by atoms with E-state index in [1.807, 2.05) is 0 Å². The normalized spacial score (nSPS) is 55.4. The summed E-state index contributed by atoms with van der Waals surface area (Å²) < 4.78 is 23.9. The molecule has 6 unspecified atom stereocenters. The zero-order chi connectivity index (χ0) is 18.0. The van der Waals surface area contributed by atoms with E-state index >= 15 is 0 Å². The molecule has 6 heterocycles. The number of aldehydes is 1. The highest BCUT2D eigenvalue weighted by Gasteiger charge is 2.84. The Morgan fingerprint density at radius 3 is 2.92 bits per heavy atom. The van der Waals surface area contributed by atoms with Crippen molar-refractivity contribution in [2.45, 2.75) is 50.2 Å². The molecule has 0 amide bonds. The van der Waals surface area contributed by atoms with E-state index in [0.717, 1.165) is 25.7 Å². The summed E-state index contributed by atoms with van der Waals surface area (Å²) >= 11 is 0. The summed E-state index contributed by atoms with van der Waals surface area (Å²) in [6.45, 7) is 4.71. The van der Waals surface area contributed by atoms with Crippen LogP contribution in [0.15, 0.2) is 22.9 Å². The monoisotopic (exact) mass is 359 g/mol. The maximum atomic E-state index is 12.1. The third kappa shape index (κ3) is 1.27. The van der Waals surface area contributed by atoms with Crippen molar-refractivity contribution in [1.29, 1.82) is 0 Å². The number of hydrogen-bond acceptors (Lipinski definition) is 7. The minimum absolute atomic E-state index is 0.0191. The third-order valence-corrected chi connectivity index (χ3v) is 7.66. The zero-order valence-corrected chi connectivity index (χ0v) is 15.0. The van der Waals surface area contributed by atoms with Gasteiger partial charge in [-0.25, -0.2) is 4.79 Å². The molecule has 5 fully saturated rings. The molecule has 0 aromatic heterocycles. The first kappa shape index (κ1) is 15.2. The van der Waals surface area contributed by atoms with Gasteiger partial charge in [-0.1, -0.05) is 6.92 Å². The fourth-order valence-electron chi connectivity index (χ4n) is 6.82. The van der Waals surface area contributed by atoms with Gasteiger partial charge in [0.25, 0.3) is 0 Å². The number of carbonyl (C=O) groups is 2. The molecule has 6 rings (SSSR count). The smallest absolute Gasteiger partial charge is 0.343 e. The molecule has 0 radical (unpaired) electrons. The average molecular weight is 359 g/mol. The highest BCUT2D eigenvalue weighted by Crippen LogP contribution is 2.71. The summed E-state index contributed by atoms with van der Waals surface area (Å²) in [5.74, 6) is 0.411. The van der Waals surface area contributed by atoms with Gasteiger partial charge in [0.2, 0.25) is 11.5 Å². The maximum Gasteiger partial charge on any atom is 0.343 e. The molecule has 5 saturated heterocycles. The van der Waals surface area contributed by atoms with E-state index in [9.17, 15) is 9.59 Å². The van der Waals surface area contributed by atoms with Crippen molar-refractivity contribution in [3.63, 3.8) is 0 Å². The summed E-state index contributed by atoms with van der Waals surface area (Å²) in [4.78, 5) is 26.6. The van der Waals surface area contributed by atoms with Gasteiger partial charge in [0, 0.05) is 18.5 Å². The van der Waals surface area contributed by atoms with Crippen LogP contribution < -0.4 is 0 Å². The summed E-state index contributed by atoms with van der Waals surface area (Å²) in [5, 5.41) is 0. The van der Waals surface area contributed by atoms with Crippen LogP contribution in [0.3, 0.4) is 0 Å². The molecule has 138 valence electrons. The maximum absolute atomic E-state index is 12.1. The SMILES string of the molecule is COC1=C(C)C(=O)O/C1=C1\O[C@@]23OC4CC(C2[C@@H]1C)N1CCC3C41C=O. The molecule has 0 aromatic carbocycles. The van der Waals surface area contributed by atoms with Gasteiger partial charge in [-0.05, 0) is 19.8 Å². The summed E-state index contributed by atoms with van der Waals surface area (Å²) in [6.07, 6.45) is 2.75. The van der Waals surface area contributed by atoms with Crippen LogP contribution in [0.2, 0.25) is 0 Å². The van der Waals surface area contributed by atoms with Crippen molar-refractivity contribution in [3.8, 4) is 0 Å². The van der Waals surface area contributed by atoms with Crippen LogP contribution in [0, 0.1) is 17.8 Å². The lowest BCUT2D eigenvalue weighted by Crippen LogP contribution is -2.61. The van der Waals surface area contributed by atoms with Crippen molar-refractivity contribution in [3.05, 3.63) is 22.9 Å². The number of rotatable bonds is 2. The minimum Gasteiger partial charge on any atom is -0.492 e. The number of fused-ring (bicyclic) bond motifs is 1. The second-order valence-electron chi connectivity index (χ2n) is 8.33. The Morgan fingerprint density at radius 2 is 2.19 bits per heavy atom. The number of allylic oxidation sites excluding steroid dienone is 1. The fraction of sp³-hybridized carbons (Fsp3) is 0.684. The fourth-order valence-corrected chi connectivity index (χ4v) is 6.82. The molecule has 6 aliphatic rings. The van der Waals surface area contributed by atoms with Crippen molar-refractivity contribution in [2.75, 3.05) is 13.7 Å². The Morgan fingerprint density at radius 1 is 1.38 bits per heavy atom. The Labute approximate surface area is 150 Å². The van der Waals surface area contributed by atoms with Crippen molar-refractivity contribution >= 4 is 12.3 Å². The molecule has 0 aliphatic carbocycles. The molecule has 1 spiro atoms. The van der Waals surface area contributed by atoms with Crippen molar-refractivity contribution < 1.29 is 28.5 Å². The molecule has 26 heavy (non-hydrogen) atoms. The van der Waals surface area contributed by atoms with Crippen LogP contribution >= 0.6 is 0 Å². The Bertz CT molecular complexity index is 832. The Balaban J connectivity index is 1.52. The van der Waals surface area contributed by atoms with Gasteiger partial charge in [0.1, 0.15) is 17.6 Å². The number of cyclic esters (lactones) is 1. The van der Waals surface area contributed by atoms with Crippen LogP contribution in [-0.4, -0.2) is 54.3 Å². The highest BCUT2D eigenvalue weighted by molar-refractivity contribution is 5.93. The third-order valence-electron chi connectivity index (χ3n) is 7.66. The van der Waals surface area contributed by atoms with E-state index in [0.29, 0.717) is 22.9 Å². The number of piperidine rings is 1. The van der Waals surface area contributed by atoms with Gasteiger partial charge < -0.3 is 23.7 Å². The van der Waals surface area contributed by atoms with Gasteiger partial charge in [0.15, 0.2) is 5.76 Å². The summed E-state index contributed by atoms with van der Waals surface area (Å²) in [7, 11) is 1.53. The van der Waals surface area contributed by atoms with E-state index in [1.54, 1.807) is 6.92 Å². The molecule has 5 bridgehead atoms. The molecule has 7 heteroatoms. The molecular formula is C19H21NO6. The van der Waals surface area contributed by atoms with Crippen LogP contribution in [0.25, 0.3) is 0 Å².